The average Bonchev–Trinajstić information content (AvgIpc) is 3.21. The van der Waals surface area contributed by atoms with Gasteiger partial charge in [-0.2, -0.15) is 5.10 Å². The van der Waals surface area contributed by atoms with Gasteiger partial charge >= 0.3 is 0 Å². The third kappa shape index (κ3) is 3.88. The van der Waals surface area contributed by atoms with Crippen molar-refractivity contribution in [2.24, 2.45) is 7.05 Å². The normalized spacial score (nSPS) is 13.1. The lowest BCUT2D eigenvalue weighted by Crippen LogP contribution is -2.37. The van der Waals surface area contributed by atoms with Crippen molar-refractivity contribution in [2.45, 2.75) is 13.0 Å². The Bertz CT molecular complexity index is 1390. The lowest BCUT2D eigenvalue weighted by Gasteiger charge is -2.12. The number of rotatable bonds is 5. The number of aryl methyl sites for hydroxylation is 1. The summed E-state index contributed by atoms with van der Waals surface area (Å²) in [6, 6.07) is 4.92. The molecule has 0 unspecified atom stereocenters. The van der Waals surface area contributed by atoms with Crippen molar-refractivity contribution in [3.63, 3.8) is 0 Å². The van der Waals surface area contributed by atoms with E-state index in [1.807, 2.05) is 19.2 Å². The highest BCUT2D eigenvalue weighted by Crippen LogP contribution is 2.29. The van der Waals surface area contributed by atoms with Crippen LogP contribution in [0, 0.1) is 0 Å². The average molecular weight is 447 g/mol. The summed E-state index contributed by atoms with van der Waals surface area (Å²) in [5, 5.41) is 8.69. The first-order valence-electron chi connectivity index (χ1n) is 9.08. The number of hydrogen-bond acceptors (Lipinski definition) is 6. The molecule has 0 radical (unpaired) electrons. The number of aromatic amines is 1. The molecule has 0 aliphatic carbocycles. The van der Waals surface area contributed by atoms with Gasteiger partial charge in [0.15, 0.2) is 5.65 Å². The Kier molecular flexibility index (Phi) is 4.99. The molecule has 1 atom stereocenters. The monoisotopic (exact) mass is 446 g/mol. The van der Waals surface area contributed by atoms with Gasteiger partial charge < -0.3 is 10.3 Å². The van der Waals surface area contributed by atoms with Gasteiger partial charge in [-0.3, -0.25) is 9.48 Å². The van der Waals surface area contributed by atoms with Crippen molar-refractivity contribution in [3.05, 3.63) is 41.2 Å². The highest BCUT2D eigenvalue weighted by atomic mass is 35.5. The maximum Gasteiger partial charge on any atom is 0.255 e. The molecule has 4 rings (SSSR count). The molecule has 0 aliphatic rings. The van der Waals surface area contributed by atoms with Crippen LogP contribution in [-0.2, 0) is 16.9 Å². The summed E-state index contributed by atoms with van der Waals surface area (Å²) >= 11 is 6.09. The predicted molar refractivity (Wildman–Crippen MR) is 115 cm³/mol. The minimum Gasteiger partial charge on any atom is -0.348 e. The number of sulfone groups is 1. The van der Waals surface area contributed by atoms with Crippen LogP contribution >= 0.6 is 11.6 Å². The zero-order chi connectivity index (χ0) is 21.6. The van der Waals surface area contributed by atoms with Crippen molar-refractivity contribution in [1.29, 1.82) is 0 Å². The summed E-state index contributed by atoms with van der Waals surface area (Å²) in [6.45, 7) is 1.63. The summed E-state index contributed by atoms with van der Waals surface area (Å²) in [5.74, 6) is -0.581. The molecule has 0 saturated heterocycles. The van der Waals surface area contributed by atoms with E-state index in [2.05, 4.69) is 25.4 Å². The van der Waals surface area contributed by atoms with E-state index < -0.39 is 21.8 Å². The first-order chi connectivity index (χ1) is 14.1. The number of nitrogens with zero attached hydrogens (tertiary/aromatic N) is 4. The van der Waals surface area contributed by atoms with Crippen molar-refractivity contribution in [3.8, 4) is 11.4 Å². The van der Waals surface area contributed by atoms with Crippen LogP contribution in [-0.4, -0.2) is 57.1 Å². The summed E-state index contributed by atoms with van der Waals surface area (Å²) in [7, 11) is -1.40. The van der Waals surface area contributed by atoms with E-state index in [0.29, 0.717) is 27.6 Å². The number of benzene rings is 1. The first-order valence-corrected chi connectivity index (χ1v) is 11.5. The van der Waals surface area contributed by atoms with E-state index in [4.69, 9.17) is 11.6 Å². The van der Waals surface area contributed by atoms with Gasteiger partial charge in [-0.25, -0.2) is 18.4 Å². The van der Waals surface area contributed by atoms with E-state index in [9.17, 15) is 13.2 Å². The molecule has 3 aromatic heterocycles. The molecule has 3 heterocycles. The molecular formula is C19H19ClN6O3S. The number of fused-ring (bicyclic) bond motifs is 2. The largest absolute Gasteiger partial charge is 0.348 e. The van der Waals surface area contributed by atoms with Gasteiger partial charge in [0.1, 0.15) is 26.7 Å². The van der Waals surface area contributed by atoms with Crippen LogP contribution in [0.25, 0.3) is 33.5 Å². The Balaban J connectivity index is 1.73. The SMILES string of the molecule is C[C@H](CS(C)(=O)=O)NC(=O)c1c[nH]c2ncc(-c3nn(C)c4cc(Cl)ccc34)nc12. The quantitative estimate of drug-likeness (QED) is 0.485. The van der Waals surface area contributed by atoms with Gasteiger partial charge in [-0.15, -0.1) is 0 Å². The molecule has 156 valence electrons. The number of hydrogen-bond donors (Lipinski definition) is 2. The second-order valence-corrected chi connectivity index (χ2v) is 9.88. The fourth-order valence-corrected chi connectivity index (χ4v) is 4.55. The summed E-state index contributed by atoms with van der Waals surface area (Å²) in [4.78, 5) is 24.6. The van der Waals surface area contributed by atoms with Crippen molar-refractivity contribution in [2.75, 3.05) is 12.0 Å². The molecule has 4 aromatic rings. The molecule has 2 N–H and O–H groups in total. The highest BCUT2D eigenvalue weighted by molar-refractivity contribution is 7.90. The third-order valence-electron chi connectivity index (χ3n) is 4.61. The van der Waals surface area contributed by atoms with Crippen LogP contribution in [0.1, 0.15) is 17.3 Å². The zero-order valence-electron chi connectivity index (χ0n) is 16.5. The maximum atomic E-state index is 12.7. The fourth-order valence-electron chi connectivity index (χ4n) is 3.40. The van der Waals surface area contributed by atoms with E-state index >= 15 is 0 Å². The van der Waals surface area contributed by atoms with Crippen LogP contribution in [0.15, 0.2) is 30.6 Å². The minimum atomic E-state index is -3.22. The molecular weight excluding hydrogens is 428 g/mol. The van der Waals surface area contributed by atoms with Gasteiger partial charge in [0.2, 0.25) is 0 Å². The van der Waals surface area contributed by atoms with Gasteiger partial charge in [-0.1, -0.05) is 11.6 Å². The van der Waals surface area contributed by atoms with Gasteiger partial charge in [0.25, 0.3) is 5.91 Å². The molecule has 1 amide bonds. The molecule has 9 nitrogen and oxygen atoms in total. The van der Waals surface area contributed by atoms with Crippen molar-refractivity contribution >= 4 is 49.4 Å². The number of aromatic nitrogens is 5. The van der Waals surface area contributed by atoms with E-state index in [1.165, 1.54) is 6.20 Å². The number of H-pyrrole nitrogens is 1. The van der Waals surface area contributed by atoms with Gasteiger partial charge in [0, 0.05) is 36.0 Å². The Labute approximate surface area is 177 Å². The summed E-state index contributed by atoms with van der Waals surface area (Å²) in [5.41, 5.74) is 3.08. The molecule has 0 spiro atoms. The van der Waals surface area contributed by atoms with E-state index in [-0.39, 0.29) is 11.3 Å². The second-order valence-electron chi connectivity index (χ2n) is 7.26. The summed E-state index contributed by atoms with van der Waals surface area (Å²) in [6.07, 6.45) is 4.22. The predicted octanol–water partition coefficient (Wildman–Crippen LogP) is 2.33. The third-order valence-corrected chi connectivity index (χ3v) is 5.95. The van der Waals surface area contributed by atoms with Crippen LogP contribution in [0.4, 0.5) is 0 Å². The van der Waals surface area contributed by atoms with Crippen LogP contribution in [0.2, 0.25) is 5.02 Å². The molecule has 11 heteroatoms. The molecule has 0 bridgehead atoms. The molecule has 0 saturated carbocycles. The number of halogens is 1. The Morgan fingerprint density at radius 3 is 2.87 bits per heavy atom. The standard InChI is InChI=1S/C19H19ClN6O3S/c1-10(9-30(3,28)29)23-19(27)13-7-21-18-17(13)24-14(8-22-18)16-12-5-4-11(20)6-15(12)26(2)25-16/h4-8,10H,9H2,1-3H3,(H,21,22)(H,23,27)/t10-/m1/s1. The molecule has 1 aromatic carbocycles. The molecule has 30 heavy (non-hydrogen) atoms. The van der Waals surface area contributed by atoms with Crippen LogP contribution in [0.3, 0.4) is 0 Å². The number of nitrogens with one attached hydrogen (secondary N) is 2. The molecule has 0 fully saturated rings. The van der Waals surface area contributed by atoms with Crippen molar-refractivity contribution in [1.82, 2.24) is 30.0 Å². The highest BCUT2D eigenvalue weighted by Gasteiger charge is 2.20. The minimum absolute atomic E-state index is 0.152. The topological polar surface area (TPSA) is 123 Å². The number of carbonyl (C=O) groups excluding carboxylic acids is 1. The lowest BCUT2D eigenvalue weighted by molar-refractivity contribution is 0.0945. The van der Waals surface area contributed by atoms with Crippen LogP contribution in [0.5, 0.6) is 0 Å². The van der Waals surface area contributed by atoms with E-state index in [1.54, 1.807) is 23.9 Å². The Morgan fingerprint density at radius 1 is 1.37 bits per heavy atom. The lowest BCUT2D eigenvalue weighted by atomic mass is 10.1. The smallest absolute Gasteiger partial charge is 0.255 e. The zero-order valence-corrected chi connectivity index (χ0v) is 18.0. The van der Waals surface area contributed by atoms with Crippen LogP contribution < -0.4 is 5.32 Å². The number of amides is 1. The number of carbonyl (C=O) groups is 1. The second kappa shape index (κ2) is 7.37. The fraction of sp³-hybridized carbons (Fsp3) is 0.263. The van der Waals surface area contributed by atoms with Gasteiger partial charge in [0.05, 0.1) is 23.0 Å². The molecule has 0 aliphatic heterocycles. The Morgan fingerprint density at radius 2 is 2.13 bits per heavy atom. The van der Waals surface area contributed by atoms with Gasteiger partial charge in [-0.05, 0) is 25.1 Å². The Hall–Kier alpha value is -2.98. The maximum absolute atomic E-state index is 12.7. The van der Waals surface area contributed by atoms with Crippen molar-refractivity contribution < 1.29 is 13.2 Å². The summed E-state index contributed by atoms with van der Waals surface area (Å²) < 4.78 is 24.6. The van der Waals surface area contributed by atoms with E-state index in [0.717, 1.165) is 17.2 Å². The first kappa shape index (κ1) is 20.3.